The van der Waals surface area contributed by atoms with E-state index >= 15 is 0 Å². The van der Waals surface area contributed by atoms with E-state index in [0.717, 1.165) is 11.3 Å². The van der Waals surface area contributed by atoms with Gasteiger partial charge in [-0.05, 0) is 42.8 Å². The normalized spacial score (nSPS) is 13.1. The Balaban J connectivity index is 3.07. The number of halogens is 2. The average molecular weight is 333 g/mol. The maximum atomic E-state index is 11.8. The molecule has 1 rings (SSSR count). The molecule has 3 nitrogen and oxygen atoms in total. The van der Waals surface area contributed by atoms with Gasteiger partial charge in [0.15, 0.2) is 0 Å². The fraction of sp³-hybridized carbons (Fsp3) is 0.500. The first kappa shape index (κ1) is 13.4. The lowest BCUT2D eigenvalue weighted by atomic mass is 10.1. The SMILES string of the molecule is CC(C)(C)NS(=O)(=O)c1cc(Cl)c(Br)s1. The number of nitrogens with one attached hydrogen (secondary N) is 1. The first-order valence-corrected chi connectivity index (χ1v) is 7.58. The third-order valence-corrected chi connectivity index (χ3v) is 6.03. The van der Waals surface area contributed by atoms with E-state index in [2.05, 4.69) is 20.7 Å². The molecular formula is C8H11BrClNO2S2. The predicted octanol–water partition coefficient (Wildman–Crippen LogP) is 3.24. The van der Waals surface area contributed by atoms with Gasteiger partial charge in [0.1, 0.15) is 4.21 Å². The number of sulfonamides is 1. The summed E-state index contributed by atoms with van der Waals surface area (Å²) in [5, 5.41) is 0.411. The molecule has 15 heavy (non-hydrogen) atoms. The maximum absolute atomic E-state index is 11.8. The van der Waals surface area contributed by atoms with Crippen LogP contribution in [-0.2, 0) is 10.0 Å². The molecule has 1 heterocycles. The Hall–Kier alpha value is 0.380. The average Bonchev–Trinajstić information content (AvgIpc) is 2.27. The van der Waals surface area contributed by atoms with E-state index in [1.807, 2.05) is 0 Å². The molecule has 0 saturated carbocycles. The van der Waals surface area contributed by atoms with E-state index in [9.17, 15) is 8.42 Å². The lowest BCUT2D eigenvalue weighted by molar-refractivity contribution is 0.492. The van der Waals surface area contributed by atoms with E-state index in [1.54, 1.807) is 20.8 Å². The van der Waals surface area contributed by atoms with E-state index in [4.69, 9.17) is 11.6 Å². The Morgan fingerprint density at radius 2 is 2.00 bits per heavy atom. The van der Waals surface area contributed by atoms with Crippen molar-refractivity contribution in [2.75, 3.05) is 0 Å². The Labute approximate surface area is 107 Å². The summed E-state index contributed by atoms with van der Waals surface area (Å²) in [5.74, 6) is 0. The van der Waals surface area contributed by atoms with Crippen molar-refractivity contribution in [2.24, 2.45) is 0 Å². The third-order valence-electron chi connectivity index (χ3n) is 1.33. The molecular weight excluding hydrogens is 322 g/mol. The van der Waals surface area contributed by atoms with Crippen molar-refractivity contribution in [1.29, 1.82) is 0 Å². The highest BCUT2D eigenvalue weighted by Gasteiger charge is 2.24. The van der Waals surface area contributed by atoms with Crippen molar-refractivity contribution >= 4 is 48.9 Å². The summed E-state index contributed by atoms with van der Waals surface area (Å²) in [6.07, 6.45) is 0. The highest BCUT2D eigenvalue weighted by molar-refractivity contribution is 9.11. The van der Waals surface area contributed by atoms with Gasteiger partial charge in [0.2, 0.25) is 0 Å². The molecule has 0 aliphatic carbocycles. The number of hydrogen-bond acceptors (Lipinski definition) is 3. The molecule has 1 aromatic heterocycles. The van der Waals surface area contributed by atoms with Gasteiger partial charge < -0.3 is 0 Å². The van der Waals surface area contributed by atoms with Crippen molar-refractivity contribution in [3.63, 3.8) is 0 Å². The zero-order chi connectivity index (χ0) is 11.9. The van der Waals surface area contributed by atoms with Gasteiger partial charge in [-0.3, -0.25) is 0 Å². The van der Waals surface area contributed by atoms with Gasteiger partial charge >= 0.3 is 0 Å². The Morgan fingerprint density at radius 1 is 1.47 bits per heavy atom. The Bertz CT molecular complexity index is 442. The van der Waals surface area contributed by atoms with Gasteiger partial charge in [0.05, 0.1) is 8.81 Å². The minimum Gasteiger partial charge on any atom is -0.206 e. The summed E-state index contributed by atoms with van der Waals surface area (Å²) in [4.78, 5) is 0. The van der Waals surface area contributed by atoms with Crippen LogP contribution >= 0.6 is 38.9 Å². The fourth-order valence-electron chi connectivity index (χ4n) is 0.913. The van der Waals surface area contributed by atoms with Crippen LogP contribution in [-0.4, -0.2) is 14.0 Å². The summed E-state index contributed by atoms with van der Waals surface area (Å²) in [5.41, 5.74) is -0.498. The molecule has 0 radical (unpaired) electrons. The minimum absolute atomic E-state index is 0.217. The summed E-state index contributed by atoms with van der Waals surface area (Å²) in [6, 6.07) is 1.43. The van der Waals surface area contributed by atoms with E-state index < -0.39 is 15.6 Å². The largest absolute Gasteiger partial charge is 0.250 e. The summed E-state index contributed by atoms with van der Waals surface area (Å²) >= 11 is 10.1. The van der Waals surface area contributed by atoms with Gasteiger partial charge in [0, 0.05) is 5.54 Å². The molecule has 86 valence electrons. The van der Waals surface area contributed by atoms with Gasteiger partial charge in [-0.25, -0.2) is 13.1 Å². The van der Waals surface area contributed by atoms with E-state index in [1.165, 1.54) is 6.07 Å². The van der Waals surface area contributed by atoms with Crippen LogP contribution in [0.3, 0.4) is 0 Å². The molecule has 0 amide bonds. The lowest BCUT2D eigenvalue weighted by Crippen LogP contribution is -2.40. The molecule has 0 fully saturated rings. The first-order chi connectivity index (χ1) is 6.62. The second-order valence-electron chi connectivity index (χ2n) is 4.04. The molecule has 0 saturated heterocycles. The highest BCUT2D eigenvalue weighted by atomic mass is 79.9. The standard InChI is InChI=1S/C8H11BrClNO2S2/c1-8(2,3)11-15(12,13)6-4-5(10)7(9)14-6/h4,11H,1-3H3. The van der Waals surface area contributed by atoms with Crippen LogP contribution in [0.15, 0.2) is 14.1 Å². The van der Waals surface area contributed by atoms with Crippen molar-refractivity contribution in [3.05, 3.63) is 14.9 Å². The van der Waals surface area contributed by atoms with Gasteiger partial charge in [-0.1, -0.05) is 11.6 Å². The number of rotatable bonds is 2. The van der Waals surface area contributed by atoms with Crippen LogP contribution < -0.4 is 4.72 Å². The first-order valence-electron chi connectivity index (χ1n) is 4.11. The quantitative estimate of drug-likeness (QED) is 0.903. The molecule has 0 atom stereocenters. The van der Waals surface area contributed by atoms with Gasteiger partial charge in [-0.15, -0.1) is 11.3 Å². The smallest absolute Gasteiger partial charge is 0.206 e. The zero-order valence-electron chi connectivity index (χ0n) is 8.47. The molecule has 0 aliphatic heterocycles. The van der Waals surface area contributed by atoms with Crippen LogP contribution in [0.5, 0.6) is 0 Å². The predicted molar refractivity (Wildman–Crippen MR) is 67.1 cm³/mol. The molecule has 0 bridgehead atoms. The monoisotopic (exact) mass is 331 g/mol. The molecule has 0 aliphatic rings. The molecule has 1 N–H and O–H groups in total. The Kier molecular flexibility index (Phi) is 3.88. The third kappa shape index (κ3) is 3.71. The molecule has 0 spiro atoms. The van der Waals surface area contributed by atoms with E-state index in [-0.39, 0.29) is 4.21 Å². The lowest BCUT2D eigenvalue weighted by Gasteiger charge is -2.19. The summed E-state index contributed by atoms with van der Waals surface area (Å²) in [7, 11) is -3.47. The zero-order valence-corrected chi connectivity index (χ0v) is 12.4. The minimum atomic E-state index is -3.47. The topological polar surface area (TPSA) is 46.2 Å². The van der Waals surface area contributed by atoms with E-state index in [0.29, 0.717) is 8.81 Å². The van der Waals surface area contributed by atoms with Crippen LogP contribution in [0.2, 0.25) is 5.02 Å². The highest BCUT2D eigenvalue weighted by Crippen LogP contribution is 2.34. The van der Waals surface area contributed by atoms with Crippen LogP contribution in [0.1, 0.15) is 20.8 Å². The number of hydrogen-bond donors (Lipinski definition) is 1. The van der Waals surface area contributed by atoms with Crippen LogP contribution in [0.25, 0.3) is 0 Å². The summed E-state index contributed by atoms with van der Waals surface area (Å²) < 4.78 is 27.1. The summed E-state index contributed by atoms with van der Waals surface area (Å²) in [6.45, 7) is 5.36. The second-order valence-corrected chi connectivity index (χ2v) is 8.73. The van der Waals surface area contributed by atoms with Crippen LogP contribution in [0, 0.1) is 0 Å². The van der Waals surface area contributed by atoms with Gasteiger partial charge in [-0.2, -0.15) is 0 Å². The molecule has 0 unspecified atom stereocenters. The number of thiophene rings is 1. The van der Waals surface area contributed by atoms with Crippen molar-refractivity contribution in [1.82, 2.24) is 4.72 Å². The Morgan fingerprint density at radius 3 is 2.33 bits per heavy atom. The molecule has 7 heteroatoms. The van der Waals surface area contributed by atoms with Crippen molar-refractivity contribution in [3.8, 4) is 0 Å². The van der Waals surface area contributed by atoms with Gasteiger partial charge in [0.25, 0.3) is 10.0 Å². The van der Waals surface area contributed by atoms with Crippen molar-refractivity contribution < 1.29 is 8.42 Å². The molecule has 1 aromatic rings. The van der Waals surface area contributed by atoms with Crippen molar-refractivity contribution in [2.45, 2.75) is 30.5 Å². The van der Waals surface area contributed by atoms with Crippen LogP contribution in [0.4, 0.5) is 0 Å². The molecule has 0 aromatic carbocycles. The maximum Gasteiger partial charge on any atom is 0.250 e. The second kappa shape index (κ2) is 4.33. The fourth-order valence-corrected chi connectivity index (χ4v) is 4.73.